The molecule has 0 spiro atoms. The summed E-state index contributed by atoms with van der Waals surface area (Å²) < 4.78 is 1.12. The molecule has 3 saturated carbocycles. The van der Waals surface area contributed by atoms with Crippen molar-refractivity contribution in [2.24, 2.45) is 29.1 Å². The lowest BCUT2D eigenvalue weighted by Crippen LogP contribution is -2.53. The number of aromatic nitrogens is 4. The van der Waals surface area contributed by atoms with Crippen molar-refractivity contribution in [3.05, 3.63) is 23.7 Å². The van der Waals surface area contributed by atoms with Crippen molar-refractivity contribution < 1.29 is 4.79 Å². The Morgan fingerprint density at radius 3 is 2.68 bits per heavy atom. The first kappa shape index (κ1) is 24.3. The lowest BCUT2D eigenvalue weighted by atomic mass is 9.45. The van der Waals surface area contributed by atoms with E-state index in [-0.39, 0.29) is 11.8 Å². The lowest BCUT2D eigenvalue weighted by molar-refractivity contribution is -0.125. The van der Waals surface area contributed by atoms with Crippen molar-refractivity contribution in [1.29, 1.82) is 0 Å². The standard InChI is InChI=1S/C27H36N8OS/c1-27(2)18-5-4-17(20(27)12-18)14-29-24-32-25(31-19-6-7-21-22(13-19)37-15-30-21)34-26(33-24)35-10-8-16(9-11-35)23(36)28-3/h6-7,13,15-18,20H,4-5,8-12,14H2,1-3H3,(H,28,36)(H2,29,31,32,33,34)/t17?,18?,20-/m0/s1. The van der Waals surface area contributed by atoms with Crippen LogP contribution < -0.4 is 20.9 Å². The van der Waals surface area contributed by atoms with E-state index in [9.17, 15) is 4.79 Å². The maximum atomic E-state index is 12.1. The maximum Gasteiger partial charge on any atom is 0.233 e. The van der Waals surface area contributed by atoms with Gasteiger partial charge in [0.2, 0.25) is 23.8 Å². The van der Waals surface area contributed by atoms with Gasteiger partial charge in [0.1, 0.15) is 0 Å². The summed E-state index contributed by atoms with van der Waals surface area (Å²) in [6.45, 7) is 7.24. The van der Waals surface area contributed by atoms with E-state index in [0.717, 1.165) is 60.2 Å². The number of nitrogens with one attached hydrogen (secondary N) is 3. The minimum atomic E-state index is 0.0466. The lowest BCUT2D eigenvalue weighted by Gasteiger charge is -2.60. The molecule has 9 nitrogen and oxygen atoms in total. The Kier molecular flexibility index (Phi) is 6.38. The number of carbonyl (C=O) groups excluding carboxylic acids is 1. The van der Waals surface area contributed by atoms with Crippen LogP contribution in [0.3, 0.4) is 0 Å². The SMILES string of the molecule is CNC(=O)C1CCN(c2nc(NCC3CCC4C[C@@H]3C4(C)C)nc(Nc3ccc4ncsc4c3)n2)CC1. The molecule has 1 aliphatic heterocycles. The highest BCUT2D eigenvalue weighted by Crippen LogP contribution is 2.61. The Morgan fingerprint density at radius 2 is 1.92 bits per heavy atom. The molecule has 1 amide bonds. The van der Waals surface area contributed by atoms with E-state index in [0.29, 0.717) is 29.2 Å². The molecular weight excluding hydrogens is 484 g/mol. The highest BCUT2D eigenvalue weighted by atomic mass is 32.1. The largest absolute Gasteiger partial charge is 0.359 e. The van der Waals surface area contributed by atoms with E-state index in [1.807, 2.05) is 17.6 Å². The fraction of sp³-hybridized carbons (Fsp3) is 0.593. The van der Waals surface area contributed by atoms with Gasteiger partial charge in [0.05, 0.1) is 15.7 Å². The van der Waals surface area contributed by atoms with Gasteiger partial charge >= 0.3 is 0 Å². The van der Waals surface area contributed by atoms with Crippen LogP contribution >= 0.6 is 11.3 Å². The van der Waals surface area contributed by atoms with Crippen LogP contribution in [0.25, 0.3) is 10.2 Å². The minimum absolute atomic E-state index is 0.0466. The zero-order chi connectivity index (χ0) is 25.6. The first-order valence-corrected chi connectivity index (χ1v) is 14.4. The van der Waals surface area contributed by atoms with Crippen LogP contribution in [0.1, 0.15) is 46.0 Å². The van der Waals surface area contributed by atoms with E-state index >= 15 is 0 Å². The number of rotatable bonds is 7. The van der Waals surface area contributed by atoms with Crippen LogP contribution in [0.4, 0.5) is 23.5 Å². The van der Waals surface area contributed by atoms with Gasteiger partial charge in [-0.15, -0.1) is 11.3 Å². The summed E-state index contributed by atoms with van der Waals surface area (Å²) in [5.74, 6) is 4.26. The molecule has 1 aromatic carbocycles. The molecule has 3 atom stereocenters. The molecule has 2 bridgehead atoms. The number of piperidine rings is 1. The second kappa shape index (κ2) is 9.70. The van der Waals surface area contributed by atoms with Crippen molar-refractivity contribution in [2.75, 3.05) is 42.2 Å². The molecule has 3 heterocycles. The van der Waals surface area contributed by atoms with E-state index in [1.165, 1.54) is 19.3 Å². The number of nitrogens with zero attached hydrogens (tertiary/aromatic N) is 5. The average Bonchev–Trinajstić information content (AvgIpc) is 3.39. The number of hydrogen-bond donors (Lipinski definition) is 3. The van der Waals surface area contributed by atoms with Crippen LogP contribution in [-0.4, -0.2) is 52.5 Å². The Hall–Kier alpha value is -3.01. The molecule has 3 aliphatic carbocycles. The van der Waals surface area contributed by atoms with Crippen molar-refractivity contribution in [1.82, 2.24) is 25.3 Å². The van der Waals surface area contributed by atoms with Gasteiger partial charge < -0.3 is 20.9 Å². The predicted octanol–water partition coefficient (Wildman–Crippen LogP) is 4.67. The van der Waals surface area contributed by atoms with Gasteiger partial charge in [-0.3, -0.25) is 4.79 Å². The van der Waals surface area contributed by atoms with Gasteiger partial charge in [0, 0.05) is 38.3 Å². The molecule has 1 saturated heterocycles. The minimum Gasteiger partial charge on any atom is -0.359 e. The number of fused-ring (bicyclic) bond motifs is 3. The molecule has 196 valence electrons. The average molecular weight is 521 g/mol. The second-order valence-corrected chi connectivity index (χ2v) is 12.3. The number of hydrogen-bond acceptors (Lipinski definition) is 9. The first-order valence-electron chi connectivity index (χ1n) is 13.5. The molecule has 7 rings (SSSR count). The normalized spacial score (nSPS) is 24.9. The third-order valence-corrected chi connectivity index (χ3v) is 9.92. The van der Waals surface area contributed by atoms with Gasteiger partial charge in [-0.2, -0.15) is 15.0 Å². The van der Waals surface area contributed by atoms with Crippen LogP contribution in [0, 0.1) is 29.1 Å². The van der Waals surface area contributed by atoms with E-state index in [1.54, 1.807) is 18.4 Å². The van der Waals surface area contributed by atoms with Crippen molar-refractivity contribution in [2.45, 2.75) is 46.0 Å². The molecule has 2 unspecified atom stereocenters. The Bertz CT molecular complexity index is 1280. The summed E-state index contributed by atoms with van der Waals surface area (Å²) in [6, 6.07) is 6.09. The molecule has 4 fully saturated rings. The summed E-state index contributed by atoms with van der Waals surface area (Å²) in [5, 5.41) is 9.75. The number of amides is 1. The number of thiazole rings is 1. The zero-order valence-electron chi connectivity index (χ0n) is 21.8. The third kappa shape index (κ3) is 4.71. The molecule has 0 radical (unpaired) electrons. The summed E-state index contributed by atoms with van der Waals surface area (Å²) in [6.07, 6.45) is 5.54. The number of anilines is 4. The van der Waals surface area contributed by atoms with E-state index in [2.05, 4.69) is 45.7 Å². The fourth-order valence-corrected chi connectivity index (χ4v) is 7.39. The molecule has 3 aromatic rings. The Morgan fingerprint density at radius 1 is 1.11 bits per heavy atom. The Labute approximate surface area is 221 Å². The highest BCUT2D eigenvalue weighted by Gasteiger charge is 2.53. The van der Waals surface area contributed by atoms with Gasteiger partial charge in [0.25, 0.3) is 0 Å². The van der Waals surface area contributed by atoms with Crippen LogP contribution in [0.2, 0.25) is 0 Å². The molecule has 2 aromatic heterocycles. The van der Waals surface area contributed by atoms with E-state index < -0.39 is 0 Å². The number of carbonyl (C=O) groups is 1. The van der Waals surface area contributed by atoms with Gasteiger partial charge in [-0.05, 0) is 73.5 Å². The molecule has 37 heavy (non-hydrogen) atoms. The zero-order valence-corrected chi connectivity index (χ0v) is 22.6. The van der Waals surface area contributed by atoms with Crippen LogP contribution in [0.5, 0.6) is 0 Å². The maximum absolute atomic E-state index is 12.1. The fourth-order valence-electron chi connectivity index (χ4n) is 6.68. The first-order chi connectivity index (χ1) is 17.9. The topological polar surface area (TPSA) is 108 Å². The van der Waals surface area contributed by atoms with E-state index in [4.69, 9.17) is 15.0 Å². The quantitative estimate of drug-likeness (QED) is 0.412. The predicted molar refractivity (Wildman–Crippen MR) is 148 cm³/mol. The van der Waals surface area contributed by atoms with Gasteiger partial charge in [0.15, 0.2) is 0 Å². The van der Waals surface area contributed by atoms with Crippen LogP contribution in [-0.2, 0) is 4.79 Å². The molecule has 3 N–H and O–H groups in total. The van der Waals surface area contributed by atoms with Crippen molar-refractivity contribution in [3.63, 3.8) is 0 Å². The summed E-state index contributed by atoms with van der Waals surface area (Å²) in [7, 11) is 1.71. The van der Waals surface area contributed by atoms with Crippen molar-refractivity contribution in [3.8, 4) is 0 Å². The highest BCUT2D eigenvalue weighted by molar-refractivity contribution is 7.16. The molecule has 10 heteroatoms. The summed E-state index contributed by atoms with van der Waals surface area (Å²) in [5.41, 5.74) is 4.22. The summed E-state index contributed by atoms with van der Waals surface area (Å²) >= 11 is 1.62. The summed E-state index contributed by atoms with van der Waals surface area (Å²) in [4.78, 5) is 33.0. The molecular formula is C27H36N8OS. The van der Waals surface area contributed by atoms with Crippen molar-refractivity contribution >= 4 is 51.0 Å². The Balaban J connectivity index is 1.22. The second-order valence-electron chi connectivity index (χ2n) is 11.4. The number of benzene rings is 1. The van der Waals surface area contributed by atoms with Gasteiger partial charge in [-0.25, -0.2) is 4.98 Å². The van der Waals surface area contributed by atoms with Crippen LogP contribution in [0.15, 0.2) is 23.7 Å². The monoisotopic (exact) mass is 520 g/mol. The third-order valence-electron chi connectivity index (χ3n) is 9.13. The smallest absolute Gasteiger partial charge is 0.233 e. The molecule has 4 aliphatic rings. The van der Waals surface area contributed by atoms with Gasteiger partial charge in [-0.1, -0.05) is 13.8 Å².